The van der Waals surface area contributed by atoms with Crippen molar-refractivity contribution in [3.05, 3.63) is 267 Å². The molecule has 0 unspecified atom stereocenters. The Labute approximate surface area is 455 Å². The summed E-state index contributed by atoms with van der Waals surface area (Å²) in [5.74, 6) is 0. The average Bonchev–Trinajstić information content (AvgIpc) is 4.52. The molecule has 78 heavy (non-hydrogen) atoms. The maximum absolute atomic E-state index is 4.96. The standard InChI is InChI=1S/C35H21N3S.C35H23N3S/c1-5-13-29-23(9-1)24-10-2-6-14-30(24)37(29)22-17-18-34-27(19-22)28-20-36-21-33(35(28)39-34)38-31-15-7-3-11-25(31)26-12-4-8-16-32(26)38;1-3-11-24(12-4-1)37(25-13-5-2-6-14-25)26-19-20-34-30(21-26)31-22-27(23-36-35(31)39-34)38-32-17-9-7-15-28(32)29-16-8-10-18-33(29)38/h1-21H;1-23H. The van der Waals surface area contributed by atoms with Crippen LogP contribution < -0.4 is 4.90 Å². The summed E-state index contributed by atoms with van der Waals surface area (Å²) in [6.07, 6.45) is 6.06. The summed E-state index contributed by atoms with van der Waals surface area (Å²) in [5, 5.41) is 12.4. The normalized spacial score (nSPS) is 11.8. The molecule has 0 aliphatic heterocycles. The highest BCUT2D eigenvalue weighted by atomic mass is 32.1. The van der Waals surface area contributed by atoms with E-state index < -0.39 is 0 Å². The molecule has 0 spiro atoms. The Kier molecular flexibility index (Phi) is 10.2. The van der Waals surface area contributed by atoms with E-state index in [1.165, 1.54) is 107 Å². The van der Waals surface area contributed by atoms with Crippen molar-refractivity contribution in [3.63, 3.8) is 0 Å². The molecule has 0 bridgehead atoms. The molecule has 0 atom stereocenters. The first-order chi connectivity index (χ1) is 38.7. The zero-order valence-electron chi connectivity index (χ0n) is 41.9. The van der Waals surface area contributed by atoms with Crippen molar-refractivity contribution in [2.45, 2.75) is 0 Å². The number of pyridine rings is 2. The minimum atomic E-state index is 1.05. The van der Waals surface area contributed by atoms with Crippen molar-refractivity contribution in [2.24, 2.45) is 0 Å². The van der Waals surface area contributed by atoms with Gasteiger partial charge in [0.15, 0.2) is 0 Å². The van der Waals surface area contributed by atoms with Crippen LogP contribution in [-0.2, 0) is 0 Å². The van der Waals surface area contributed by atoms with E-state index in [4.69, 9.17) is 9.97 Å². The maximum atomic E-state index is 4.96. The Morgan fingerprint density at radius 2 is 0.718 bits per heavy atom. The Balaban J connectivity index is 0.000000130. The lowest BCUT2D eigenvalue weighted by atomic mass is 10.1. The largest absolute Gasteiger partial charge is 0.310 e. The summed E-state index contributed by atoms with van der Waals surface area (Å²) in [7, 11) is 0. The second-order valence-corrected chi connectivity index (χ2v) is 21.8. The second kappa shape index (κ2) is 17.9. The number of nitrogens with zero attached hydrogens (tertiary/aromatic N) is 6. The molecule has 0 saturated carbocycles. The predicted molar refractivity (Wildman–Crippen MR) is 332 cm³/mol. The quantitative estimate of drug-likeness (QED) is 0.167. The maximum Gasteiger partial charge on any atom is 0.124 e. The summed E-state index contributed by atoms with van der Waals surface area (Å²) in [6.45, 7) is 0. The fourth-order valence-electron chi connectivity index (χ4n) is 12.0. The van der Waals surface area contributed by atoms with Gasteiger partial charge >= 0.3 is 0 Å². The van der Waals surface area contributed by atoms with Gasteiger partial charge in [0.05, 0.1) is 61.6 Å². The van der Waals surface area contributed by atoms with E-state index in [1.807, 2.05) is 29.9 Å². The van der Waals surface area contributed by atoms with E-state index in [0.29, 0.717) is 0 Å². The topological polar surface area (TPSA) is 43.8 Å². The molecule has 0 saturated heterocycles. The van der Waals surface area contributed by atoms with Gasteiger partial charge in [-0.2, -0.15) is 0 Å². The van der Waals surface area contributed by atoms with E-state index >= 15 is 0 Å². The van der Waals surface area contributed by atoms with Crippen LogP contribution in [0.4, 0.5) is 17.1 Å². The number of rotatable bonds is 6. The van der Waals surface area contributed by atoms with E-state index in [0.717, 1.165) is 33.3 Å². The minimum Gasteiger partial charge on any atom is -0.310 e. The van der Waals surface area contributed by atoms with Crippen LogP contribution in [0.15, 0.2) is 267 Å². The van der Waals surface area contributed by atoms with Gasteiger partial charge in [-0.3, -0.25) is 4.98 Å². The van der Waals surface area contributed by atoms with Crippen molar-refractivity contribution in [3.8, 4) is 17.1 Å². The molecule has 0 fully saturated rings. The van der Waals surface area contributed by atoms with Gasteiger partial charge in [0.2, 0.25) is 0 Å². The molecule has 6 nitrogen and oxygen atoms in total. The molecule has 366 valence electrons. The fourth-order valence-corrected chi connectivity index (χ4v) is 14.2. The predicted octanol–water partition coefficient (Wildman–Crippen LogP) is 19.7. The first-order valence-electron chi connectivity index (χ1n) is 26.2. The van der Waals surface area contributed by atoms with Gasteiger partial charge in [-0.15, -0.1) is 22.7 Å². The molecular formula is C70H44N6S2. The monoisotopic (exact) mass is 1030 g/mol. The molecule has 10 aromatic carbocycles. The van der Waals surface area contributed by atoms with Crippen LogP contribution in [0.25, 0.3) is 123 Å². The molecule has 7 aromatic heterocycles. The molecule has 0 radical (unpaired) electrons. The van der Waals surface area contributed by atoms with Crippen molar-refractivity contribution in [1.82, 2.24) is 23.7 Å². The van der Waals surface area contributed by atoms with Gasteiger partial charge in [-0.25, -0.2) is 4.98 Å². The SMILES string of the molecule is c1ccc(N(c2ccccc2)c2ccc3sc4ncc(-n5c6ccccc6c6ccccc65)cc4c3c2)cc1.c1ccc2c(c1)c1ccccc1n2-c1ccc2sc3c(-n4c5ccccc5c5ccccc54)cncc3c2c1. The Bertz CT molecular complexity index is 4980. The van der Waals surface area contributed by atoms with Crippen LogP contribution in [0.3, 0.4) is 0 Å². The van der Waals surface area contributed by atoms with Crippen LogP contribution in [0.5, 0.6) is 0 Å². The van der Waals surface area contributed by atoms with Gasteiger partial charge < -0.3 is 18.6 Å². The fraction of sp³-hybridized carbons (Fsp3) is 0. The third-order valence-corrected chi connectivity index (χ3v) is 17.7. The van der Waals surface area contributed by atoms with Gasteiger partial charge in [-0.1, -0.05) is 146 Å². The van der Waals surface area contributed by atoms with E-state index in [-0.39, 0.29) is 0 Å². The second-order valence-electron chi connectivity index (χ2n) is 19.8. The Hall–Kier alpha value is -9.86. The van der Waals surface area contributed by atoms with Crippen LogP contribution in [0.1, 0.15) is 0 Å². The van der Waals surface area contributed by atoms with Crippen LogP contribution >= 0.6 is 22.7 Å². The third kappa shape index (κ3) is 6.94. The number of anilines is 3. The number of para-hydroxylation sites is 8. The molecule has 17 rings (SSSR count). The smallest absolute Gasteiger partial charge is 0.124 e. The van der Waals surface area contributed by atoms with Crippen molar-refractivity contribution < 1.29 is 0 Å². The van der Waals surface area contributed by atoms with Crippen LogP contribution in [-0.4, -0.2) is 23.7 Å². The van der Waals surface area contributed by atoms with E-state index in [9.17, 15) is 0 Å². The highest BCUT2D eigenvalue weighted by Gasteiger charge is 2.20. The van der Waals surface area contributed by atoms with Crippen molar-refractivity contribution in [2.75, 3.05) is 4.90 Å². The molecule has 0 N–H and O–H groups in total. The molecule has 0 aliphatic rings. The number of aromatic nitrogens is 5. The van der Waals surface area contributed by atoms with E-state index in [1.54, 1.807) is 11.3 Å². The highest BCUT2D eigenvalue weighted by Crippen LogP contribution is 2.44. The summed E-state index contributed by atoms with van der Waals surface area (Å²) in [5.41, 5.74) is 14.0. The van der Waals surface area contributed by atoms with Crippen LogP contribution in [0.2, 0.25) is 0 Å². The number of benzene rings is 10. The number of hydrogen-bond acceptors (Lipinski definition) is 5. The van der Waals surface area contributed by atoms with Gasteiger partial charge in [-0.05, 0) is 103 Å². The average molecular weight is 1030 g/mol. The lowest BCUT2D eigenvalue weighted by molar-refractivity contribution is 1.16. The molecule has 0 amide bonds. The van der Waals surface area contributed by atoms with E-state index in [2.05, 4.69) is 267 Å². The lowest BCUT2D eigenvalue weighted by Gasteiger charge is -2.25. The van der Waals surface area contributed by atoms with Crippen molar-refractivity contribution in [1.29, 1.82) is 0 Å². The molecule has 7 heterocycles. The Morgan fingerprint density at radius 1 is 0.295 bits per heavy atom. The summed E-state index contributed by atoms with van der Waals surface area (Å²) in [4.78, 5) is 13.1. The number of thiophene rings is 2. The first-order valence-corrected chi connectivity index (χ1v) is 27.8. The van der Waals surface area contributed by atoms with Crippen LogP contribution in [0, 0.1) is 0 Å². The number of fused-ring (bicyclic) bond motifs is 15. The van der Waals surface area contributed by atoms with Gasteiger partial charge in [0, 0.05) is 92.2 Å². The van der Waals surface area contributed by atoms with Gasteiger partial charge in [0.1, 0.15) is 4.83 Å². The van der Waals surface area contributed by atoms with Gasteiger partial charge in [0.25, 0.3) is 0 Å². The summed E-state index contributed by atoms with van der Waals surface area (Å²) in [6, 6.07) is 88.9. The minimum absolute atomic E-state index is 1.05. The summed E-state index contributed by atoms with van der Waals surface area (Å²) >= 11 is 3.59. The summed E-state index contributed by atoms with van der Waals surface area (Å²) < 4.78 is 10.9. The lowest BCUT2D eigenvalue weighted by Crippen LogP contribution is -2.09. The Morgan fingerprint density at radius 3 is 1.24 bits per heavy atom. The molecule has 0 aliphatic carbocycles. The van der Waals surface area contributed by atoms with Crippen molar-refractivity contribution >= 4 is 146 Å². The third-order valence-electron chi connectivity index (χ3n) is 15.4. The molecule has 8 heteroatoms. The highest BCUT2D eigenvalue weighted by molar-refractivity contribution is 7.26. The number of hydrogen-bond donors (Lipinski definition) is 0. The molecule has 17 aromatic rings. The zero-order valence-corrected chi connectivity index (χ0v) is 43.5. The first kappa shape index (κ1) is 44.4. The zero-order chi connectivity index (χ0) is 51.3. The molecular weight excluding hydrogens is 989 g/mol.